The fourth-order valence-corrected chi connectivity index (χ4v) is 11.9. The Balaban J connectivity index is 0.000000304. The van der Waals surface area contributed by atoms with Crippen LogP contribution in [0.15, 0.2) is 45.5 Å². The lowest BCUT2D eigenvalue weighted by molar-refractivity contribution is 0.0816. The van der Waals surface area contributed by atoms with E-state index in [1.807, 2.05) is 0 Å². The molecule has 0 saturated carbocycles. The molecule has 0 spiro atoms. The number of ether oxygens (including phenoxy) is 3. The molecule has 538 valence electrons. The second-order valence-electron chi connectivity index (χ2n) is 22.5. The largest absolute Gasteiger partial charge is 0.369 e. The number of rotatable bonds is 50. The molecule has 38 nitrogen and oxygen atoms in total. The van der Waals surface area contributed by atoms with E-state index in [9.17, 15) is 42.8 Å². The maximum atomic E-state index is 12.3. The summed E-state index contributed by atoms with van der Waals surface area (Å²) in [5.41, 5.74) is 34.0. The summed E-state index contributed by atoms with van der Waals surface area (Å²) >= 11 is 0. The second-order valence-corrected chi connectivity index (χ2v) is 28.4. The van der Waals surface area contributed by atoms with Crippen molar-refractivity contribution in [3.63, 3.8) is 0 Å². The molecule has 0 amide bonds. The smallest absolute Gasteiger partial charge is 0.292 e. The quantitative estimate of drug-likeness (QED) is 0.0116. The molecule has 0 radical (unpaired) electrons. The van der Waals surface area contributed by atoms with E-state index in [4.69, 9.17) is 48.6 Å². The SMILES string of the molecule is C=C(COCP(=O)(O)NCCCNCCCCN)Cn1cnc2c(=O)[nH]c(N)nc21.CC(Cn1cnc2c(=O)[nH]c(N)nc21)OCP(=O)(O)NCCCNCCCCNCCCN.CC(Cn1cnc2c(=O)[nH]c(N)nc21)OCP(=O)(O)NCCCNCCCNCCCN. The zero-order chi connectivity index (χ0) is 69.5. The Kier molecular flexibility index (Phi) is 38.6. The number of nitrogen functional groups attached to an aromatic ring is 3. The molecule has 0 saturated heterocycles. The first-order chi connectivity index (χ1) is 45.5. The van der Waals surface area contributed by atoms with E-state index in [1.54, 1.807) is 27.5 Å². The van der Waals surface area contributed by atoms with Crippen molar-refractivity contribution in [2.24, 2.45) is 17.2 Å². The van der Waals surface area contributed by atoms with Crippen LogP contribution in [-0.4, -0.2) is 216 Å². The molecule has 6 aromatic heterocycles. The van der Waals surface area contributed by atoms with E-state index >= 15 is 0 Å². The number of aromatic nitrogens is 12. The van der Waals surface area contributed by atoms with Gasteiger partial charge in [0.15, 0.2) is 33.5 Å². The minimum atomic E-state index is -3.61. The average molecular weight is 1400 g/mol. The van der Waals surface area contributed by atoms with Crippen LogP contribution in [0, 0.1) is 0 Å². The van der Waals surface area contributed by atoms with Crippen LogP contribution >= 0.6 is 22.6 Å². The van der Waals surface area contributed by atoms with Gasteiger partial charge in [0.25, 0.3) is 39.2 Å². The van der Waals surface area contributed by atoms with Crippen molar-refractivity contribution in [1.29, 1.82) is 0 Å². The fourth-order valence-electron chi connectivity index (χ4n) is 8.86. The maximum Gasteiger partial charge on any atom is 0.292 e. The third-order valence-electron chi connectivity index (χ3n) is 13.7. The van der Waals surface area contributed by atoms with Gasteiger partial charge in [0.1, 0.15) is 19.0 Å². The zero-order valence-electron chi connectivity index (χ0n) is 54.8. The Morgan fingerprint density at radius 3 is 1.16 bits per heavy atom. The summed E-state index contributed by atoms with van der Waals surface area (Å²) in [4.78, 5) is 97.0. The summed E-state index contributed by atoms with van der Waals surface area (Å²) in [6.45, 7) is 20.6. The van der Waals surface area contributed by atoms with Crippen molar-refractivity contribution >= 4 is 73.9 Å². The van der Waals surface area contributed by atoms with Crippen LogP contribution < -0.4 is 92.9 Å². The first-order valence-electron chi connectivity index (χ1n) is 31.9. The number of fused-ring (bicyclic) bond motifs is 3. The first-order valence-corrected chi connectivity index (χ1v) is 37.4. The van der Waals surface area contributed by atoms with Crippen LogP contribution in [0.1, 0.15) is 78.1 Å². The van der Waals surface area contributed by atoms with Gasteiger partial charge in [-0.2, -0.15) is 15.0 Å². The minimum absolute atomic E-state index is 0.00305. The number of nitrogens with zero attached hydrogens (tertiary/aromatic N) is 9. The lowest BCUT2D eigenvalue weighted by atomic mass is 10.3. The monoisotopic (exact) mass is 1400 g/mol. The van der Waals surface area contributed by atoms with E-state index in [0.29, 0.717) is 74.9 Å². The molecule has 0 aliphatic carbocycles. The Morgan fingerprint density at radius 1 is 0.484 bits per heavy atom. The molecular formula is C54H105N26O12P3. The van der Waals surface area contributed by atoms with Crippen LogP contribution in [-0.2, 0) is 47.5 Å². The molecule has 0 aromatic carbocycles. The molecule has 0 fully saturated rings. The van der Waals surface area contributed by atoms with Crippen LogP contribution in [0.3, 0.4) is 0 Å². The van der Waals surface area contributed by atoms with Gasteiger partial charge in [0.2, 0.25) is 17.8 Å². The number of unbranched alkanes of at least 4 members (excludes halogenated alkanes) is 2. The molecular weight excluding hydrogens is 1300 g/mol. The van der Waals surface area contributed by atoms with E-state index < -0.39 is 51.4 Å². The van der Waals surface area contributed by atoms with E-state index in [2.05, 4.69) is 93.3 Å². The van der Waals surface area contributed by atoms with Gasteiger partial charge >= 0.3 is 0 Å². The molecule has 0 aliphatic rings. The highest BCUT2D eigenvalue weighted by Gasteiger charge is 2.23. The van der Waals surface area contributed by atoms with Gasteiger partial charge in [0, 0.05) is 26.2 Å². The van der Waals surface area contributed by atoms with Gasteiger partial charge in [-0.15, -0.1) is 0 Å². The Labute approximate surface area is 551 Å². The summed E-state index contributed by atoms with van der Waals surface area (Å²) in [5, 5.41) is 24.5. The number of anilines is 3. The zero-order valence-corrected chi connectivity index (χ0v) is 57.5. The first kappa shape index (κ1) is 81.6. The Morgan fingerprint density at radius 2 is 0.789 bits per heavy atom. The molecule has 26 N–H and O–H groups in total. The van der Waals surface area contributed by atoms with Gasteiger partial charge in [-0.25, -0.2) is 30.2 Å². The van der Waals surface area contributed by atoms with Crippen LogP contribution in [0.4, 0.5) is 17.8 Å². The standard InChI is InChI=1S/C19H38N9O4P.C18H36N9O4P.C17H31N8O4P/c1-15(12-28-13-24-16-17(28)26-19(21)27-18(16)29)32-14-33(30,31)25-11-5-10-23-8-3-2-7-22-9-4-6-20;1-14(11-27-12-23-15-16(27)25-18(20)26-17(15)28)31-13-32(29,30)24-10-4-9-22-8-3-7-21-6-2-5-19;1-13(9-25-11-21-14-15(25)23-17(19)24-16(14)26)10-29-12-30(27,28)22-8-4-7-20-6-3-2-5-18/h13,15,22-23H,2-12,14,20H2,1H3,(H2,25,30,31)(H3,21,26,27,29);12,14,21-22H,2-11,13,19H2,1H3,(H2,24,29,30)(H3,20,25,26,28);11,20H,1-10,12,18H2,(H2,22,27,28)(H3,19,23,24,26). The average Bonchev–Trinajstić information content (AvgIpc) is 1.70. The summed E-state index contributed by atoms with van der Waals surface area (Å²) in [6.07, 6.45) is 12.0. The predicted octanol–water partition coefficient (Wildman–Crippen LogP) is -1.59. The summed E-state index contributed by atoms with van der Waals surface area (Å²) < 4.78 is 58.0. The van der Waals surface area contributed by atoms with E-state index in [1.165, 1.54) is 19.0 Å². The molecule has 0 bridgehead atoms. The molecule has 95 heavy (non-hydrogen) atoms. The van der Waals surface area contributed by atoms with Crippen molar-refractivity contribution in [3.8, 4) is 0 Å². The minimum Gasteiger partial charge on any atom is -0.369 e. The topological polar surface area (TPSA) is 583 Å². The fraction of sp³-hybridized carbons (Fsp3) is 0.685. The van der Waals surface area contributed by atoms with Gasteiger partial charge < -0.3 is 104 Å². The van der Waals surface area contributed by atoms with Crippen molar-refractivity contribution < 1.29 is 42.6 Å². The summed E-state index contributed by atoms with van der Waals surface area (Å²) in [6, 6.07) is 0. The molecule has 5 atom stereocenters. The lowest BCUT2D eigenvalue weighted by Crippen LogP contribution is -2.26. The number of H-pyrrole nitrogens is 3. The molecule has 41 heteroatoms. The van der Waals surface area contributed by atoms with Crippen molar-refractivity contribution in [1.82, 2.24) is 100 Å². The lowest BCUT2D eigenvalue weighted by Gasteiger charge is -2.18. The third kappa shape index (κ3) is 33.3. The Hall–Kier alpha value is -5.80. The van der Waals surface area contributed by atoms with E-state index in [0.717, 1.165) is 130 Å². The normalized spacial score (nSPS) is 14.2. The highest BCUT2D eigenvalue weighted by atomic mass is 31.2. The molecule has 0 aliphatic heterocycles. The number of hydrogen-bond donors (Lipinski definition) is 20. The predicted molar refractivity (Wildman–Crippen MR) is 370 cm³/mol. The molecule has 6 rings (SSSR count). The number of aromatic amines is 3. The van der Waals surface area contributed by atoms with Gasteiger partial charge in [-0.1, -0.05) is 6.58 Å². The van der Waals surface area contributed by atoms with Crippen molar-refractivity contribution in [3.05, 3.63) is 62.2 Å². The van der Waals surface area contributed by atoms with Crippen LogP contribution in [0.25, 0.3) is 33.5 Å². The third-order valence-corrected chi connectivity index (χ3v) is 17.4. The molecule has 5 unspecified atom stereocenters. The highest BCUT2D eigenvalue weighted by molar-refractivity contribution is 7.56. The molecule has 6 heterocycles. The van der Waals surface area contributed by atoms with Gasteiger partial charge in [0.05, 0.1) is 50.9 Å². The van der Waals surface area contributed by atoms with Crippen LogP contribution in [0.2, 0.25) is 0 Å². The van der Waals surface area contributed by atoms with Gasteiger partial charge in [-0.3, -0.25) is 43.0 Å². The number of nitrogens with one attached hydrogen (secondary N) is 11. The maximum absolute atomic E-state index is 12.3. The number of hydrogen-bond acceptors (Lipinski definition) is 26. The van der Waals surface area contributed by atoms with Gasteiger partial charge in [-0.05, 0) is 169 Å². The van der Waals surface area contributed by atoms with Crippen molar-refractivity contribution in [2.45, 2.75) is 110 Å². The van der Waals surface area contributed by atoms with Crippen molar-refractivity contribution in [2.75, 3.05) is 148 Å². The van der Waals surface area contributed by atoms with E-state index in [-0.39, 0.29) is 66.6 Å². The second kappa shape index (κ2) is 44.9. The Bertz CT molecular complexity index is 3490. The summed E-state index contributed by atoms with van der Waals surface area (Å²) in [7, 11) is -10.8. The highest BCUT2D eigenvalue weighted by Crippen LogP contribution is 2.37. The molecule has 6 aromatic rings. The number of nitrogens with two attached hydrogens (primary N) is 6. The van der Waals surface area contributed by atoms with Crippen LogP contribution in [0.5, 0.6) is 0 Å². The summed E-state index contributed by atoms with van der Waals surface area (Å²) in [5.74, 6) is -0.0126. The number of imidazole rings is 3.